The van der Waals surface area contributed by atoms with Gasteiger partial charge in [0.1, 0.15) is 0 Å². The van der Waals surface area contributed by atoms with E-state index >= 15 is 0 Å². The zero-order valence-electron chi connectivity index (χ0n) is 8.77. The number of rotatable bonds is 3. The molecule has 1 heterocycles. The van der Waals surface area contributed by atoms with Crippen LogP contribution in [0.1, 0.15) is 0 Å². The van der Waals surface area contributed by atoms with E-state index in [1.165, 1.54) is 11.8 Å². The van der Waals surface area contributed by atoms with E-state index in [1.807, 2.05) is 24.3 Å². The molecule has 0 saturated carbocycles. The fraction of sp³-hybridized carbons (Fsp3) is 0.100. The van der Waals surface area contributed by atoms with Crippen LogP contribution in [0.5, 0.6) is 0 Å². The summed E-state index contributed by atoms with van der Waals surface area (Å²) in [7, 11) is 0. The average Bonchev–Trinajstić information content (AvgIpc) is 2.68. The highest BCUT2D eigenvalue weighted by atomic mass is 32.2. The maximum absolute atomic E-state index is 11.3. The van der Waals surface area contributed by atoms with Crippen LogP contribution in [0, 0.1) is 0 Å². The van der Waals surface area contributed by atoms with Crippen molar-refractivity contribution in [3.8, 4) is 0 Å². The van der Waals surface area contributed by atoms with Gasteiger partial charge in [-0.15, -0.1) is 0 Å². The number of imidazole rings is 1. The van der Waals surface area contributed by atoms with Crippen LogP contribution in [-0.4, -0.2) is 26.7 Å². The van der Waals surface area contributed by atoms with Gasteiger partial charge < -0.3 is 16.0 Å². The first-order valence-electron chi connectivity index (χ1n) is 4.82. The quantitative estimate of drug-likeness (QED) is 0.570. The lowest BCUT2D eigenvalue weighted by atomic mass is 10.3. The van der Waals surface area contributed by atoms with Crippen LogP contribution >= 0.6 is 24.0 Å². The van der Waals surface area contributed by atoms with E-state index in [1.54, 1.807) is 0 Å². The molecule has 0 saturated heterocycles. The van der Waals surface area contributed by atoms with Gasteiger partial charge in [-0.05, 0) is 24.4 Å². The van der Waals surface area contributed by atoms with Crippen molar-refractivity contribution in [1.29, 1.82) is 0 Å². The third-order valence-electron chi connectivity index (χ3n) is 1.97. The summed E-state index contributed by atoms with van der Waals surface area (Å²) in [5.41, 5.74) is 7.02. The Labute approximate surface area is 107 Å². The molecule has 4 N–H and O–H groups in total. The van der Waals surface area contributed by atoms with Gasteiger partial charge in [0.2, 0.25) is 5.91 Å². The number of H-pyrrole nitrogens is 1. The summed E-state index contributed by atoms with van der Waals surface area (Å²) in [6, 6.07) is 7.68. The van der Waals surface area contributed by atoms with Gasteiger partial charge in [0.05, 0.1) is 16.8 Å². The maximum Gasteiger partial charge on any atom is 0.236 e. The molecule has 5 nitrogen and oxygen atoms in total. The van der Waals surface area contributed by atoms with E-state index in [0.717, 1.165) is 11.0 Å². The highest BCUT2D eigenvalue weighted by Crippen LogP contribution is 2.18. The minimum absolute atomic E-state index is 0.0137. The largest absolute Gasteiger partial charge is 0.376 e. The number of nitrogens with one attached hydrogen (secondary N) is 2. The van der Waals surface area contributed by atoms with Gasteiger partial charge in [-0.1, -0.05) is 23.9 Å². The summed E-state index contributed by atoms with van der Waals surface area (Å²) >= 11 is 5.87. The number of nitrogens with zero attached hydrogens (tertiary/aromatic N) is 1. The van der Waals surface area contributed by atoms with Crippen LogP contribution in [0.25, 0.3) is 11.0 Å². The third kappa shape index (κ3) is 3.18. The van der Waals surface area contributed by atoms with E-state index in [-0.39, 0.29) is 16.8 Å². The number of amides is 1. The van der Waals surface area contributed by atoms with Gasteiger partial charge in [0.25, 0.3) is 0 Å². The monoisotopic (exact) mass is 266 g/mol. The van der Waals surface area contributed by atoms with Gasteiger partial charge in [-0.2, -0.15) is 0 Å². The van der Waals surface area contributed by atoms with Crippen LogP contribution in [0.15, 0.2) is 29.4 Å². The van der Waals surface area contributed by atoms with E-state index in [2.05, 4.69) is 27.5 Å². The van der Waals surface area contributed by atoms with Crippen molar-refractivity contribution in [3.05, 3.63) is 24.3 Å². The maximum atomic E-state index is 11.3. The van der Waals surface area contributed by atoms with Crippen molar-refractivity contribution in [2.75, 3.05) is 5.75 Å². The number of para-hydroxylation sites is 2. The summed E-state index contributed by atoms with van der Waals surface area (Å²) in [4.78, 5) is 18.7. The molecule has 0 fully saturated rings. The fourth-order valence-corrected chi connectivity index (χ4v) is 2.10. The zero-order valence-corrected chi connectivity index (χ0v) is 10.4. The van der Waals surface area contributed by atoms with Crippen LogP contribution in [-0.2, 0) is 4.79 Å². The van der Waals surface area contributed by atoms with Crippen molar-refractivity contribution < 1.29 is 4.79 Å². The van der Waals surface area contributed by atoms with Crippen molar-refractivity contribution in [2.24, 2.45) is 5.73 Å². The fourth-order valence-electron chi connectivity index (χ4n) is 1.31. The minimum atomic E-state index is -0.233. The molecule has 7 heteroatoms. The highest BCUT2D eigenvalue weighted by molar-refractivity contribution is 7.99. The smallest absolute Gasteiger partial charge is 0.236 e. The van der Waals surface area contributed by atoms with Gasteiger partial charge in [-0.25, -0.2) is 4.98 Å². The number of hydrogen-bond acceptors (Lipinski definition) is 4. The number of fused-ring (bicyclic) bond motifs is 1. The summed E-state index contributed by atoms with van der Waals surface area (Å²) in [6.45, 7) is 0. The summed E-state index contributed by atoms with van der Waals surface area (Å²) in [6.07, 6.45) is 0. The molecule has 0 aliphatic rings. The third-order valence-corrected chi connectivity index (χ3v) is 2.95. The number of carbonyl (C=O) groups is 1. The molecular weight excluding hydrogens is 256 g/mol. The topological polar surface area (TPSA) is 83.8 Å². The van der Waals surface area contributed by atoms with Crippen molar-refractivity contribution >= 4 is 46.0 Å². The number of thioether (sulfide) groups is 1. The number of thiocarbonyl (C=S) groups is 1. The molecule has 2 aromatic rings. The van der Waals surface area contributed by atoms with Crippen molar-refractivity contribution in [2.45, 2.75) is 5.16 Å². The van der Waals surface area contributed by atoms with Gasteiger partial charge >= 0.3 is 0 Å². The van der Waals surface area contributed by atoms with Crippen LogP contribution in [0.4, 0.5) is 0 Å². The first-order chi connectivity index (χ1) is 8.15. The Hall–Kier alpha value is -1.60. The molecule has 0 aliphatic carbocycles. The Bertz CT molecular complexity index is 533. The van der Waals surface area contributed by atoms with E-state index in [4.69, 9.17) is 5.73 Å². The van der Waals surface area contributed by atoms with Gasteiger partial charge in [0, 0.05) is 0 Å². The molecule has 17 heavy (non-hydrogen) atoms. The van der Waals surface area contributed by atoms with E-state index in [0.29, 0.717) is 5.16 Å². The standard InChI is InChI=1S/C10H10N4OS2/c11-9(16)14-8(15)5-17-10-12-6-3-1-2-4-7(6)13-10/h1-4H,5H2,(H,12,13)(H3,11,14,15,16). The van der Waals surface area contributed by atoms with Crippen LogP contribution in [0.2, 0.25) is 0 Å². The highest BCUT2D eigenvalue weighted by Gasteiger charge is 2.06. The molecule has 88 valence electrons. The van der Waals surface area contributed by atoms with E-state index < -0.39 is 0 Å². The molecule has 0 spiro atoms. The molecule has 1 aromatic heterocycles. The minimum Gasteiger partial charge on any atom is -0.376 e. The Kier molecular flexibility index (Phi) is 3.60. The Morgan fingerprint density at radius 1 is 1.53 bits per heavy atom. The van der Waals surface area contributed by atoms with Gasteiger partial charge in [0.15, 0.2) is 10.3 Å². The SMILES string of the molecule is NC(=S)NC(=O)CSc1nc2ccccc2[nH]1. The molecule has 1 aromatic carbocycles. The first-order valence-corrected chi connectivity index (χ1v) is 6.21. The second-order valence-corrected chi connectivity index (χ2v) is 4.66. The molecule has 0 aliphatic heterocycles. The number of aromatic amines is 1. The molecule has 0 bridgehead atoms. The number of aromatic nitrogens is 2. The summed E-state index contributed by atoms with van der Waals surface area (Å²) in [5, 5.41) is 3.04. The molecular formula is C10H10N4OS2. The number of nitrogens with two attached hydrogens (primary N) is 1. The predicted octanol–water partition coefficient (Wildman–Crippen LogP) is 1.01. The molecule has 1 amide bonds. The lowest BCUT2D eigenvalue weighted by Gasteiger charge is -1.99. The second kappa shape index (κ2) is 5.15. The Balaban J connectivity index is 1.99. The van der Waals surface area contributed by atoms with Crippen LogP contribution in [0.3, 0.4) is 0 Å². The normalized spacial score (nSPS) is 10.4. The first kappa shape index (κ1) is 11.9. The van der Waals surface area contributed by atoms with E-state index in [9.17, 15) is 4.79 Å². The van der Waals surface area contributed by atoms with Gasteiger partial charge in [-0.3, -0.25) is 4.79 Å². The van der Waals surface area contributed by atoms with Crippen molar-refractivity contribution in [1.82, 2.24) is 15.3 Å². The molecule has 0 unspecified atom stereocenters. The summed E-state index contributed by atoms with van der Waals surface area (Å²) < 4.78 is 0. The van der Waals surface area contributed by atoms with Crippen LogP contribution < -0.4 is 11.1 Å². The molecule has 0 radical (unpaired) electrons. The Morgan fingerprint density at radius 2 is 2.29 bits per heavy atom. The lowest BCUT2D eigenvalue weighted by Crippen LogP contribution is -2.35. The predicted molar refractivity (Wildman–Crippen MR) is 71.7 cm³/mol. The molecule has 0 atom stereocenters. The number of benzene rings is 1. The Morgan fingerprint density at radius 3 is 3.00 bits per heavy atom. The lowest BCUT2D eigenvalue weighted by molar-refractivity contribution is -0.117. The average molecular weight is 266 g/mol. The number of hydrogen-bond donors (Lipinski definition) is 3. The van der Waals surface area contributed by atoms with Crippen molar-refractivity contribution in [3.63, 3.8) is 0 Å². The second-order valence-electron chi connectivity index (χ2n) is 3.26. The zero-order chi connectivity index (χ0) is 12.3. The number of carbonyl (C=O) groups excluding carboxylic acids is 1. The summed E-state index contributed by atoms with van der Waals surface area (Å²) in [5.74, 6) is -0.0140. The molecule has 2 rings (SSSR count).